The fraction of sp³-hybridized carbons (Fsp3) is 0.632. The van der Waals surface area contributed by atoms with Crippen molar-refractivity contribution >= 4 is 31.6 Å². The molecule has 2 aliphatic heterocycles. The van der Waals surface area contributed by atoms with Crippen LogP contribution in [0.4, 0.5) is 5.69 Å². The molecule has 2 heterocycles. The smallest absolute Gasteiger partial charge is 0.246 e. The zero-order valence-electron chi connectivity index (χ0n) is 17.3. The van der Waals surface area contributed by atoms with Crippen LogP contribution in [0.3, 0.4) is 0 Å². The van der Waals surface area contributed by atoms with Crippen molar-refractivity contribution in [3.63, 3.8) is 0 Å². The second-order valence-corrected chi connectivity index (χ2v) is 11.5. The van der Waals surface area contributed by atoms with E-state index in [1.807, 2.05) is 0 Å². The molecular formula is C19H29N3O6S2. The fourth-order valence-electron chi connectivity index (χ4n) is 3.83. The minimum atomic E-state index is -3.73. The van der Waals surface area contributed by atoms with Gasteiger partial charge >= 0.3 is 0 Å². The molecule has 9 nitrogen and oxygen atoms in total. The van der Waals surface area contributed by atoms with Crippen molar-refractivity contribution in [2.24, 2.45) is 5.92 Å². The summed E-state index contributed by atoms with van der Waals surface area (Å²) >= 11 is 0. The summed E-state index contributed by atoms with van der Waals surface area (Å²) in [5, 5.41) is 2.76. The minimum Gasteiger partial charge on any atom is -0.492 e. The molecule has 1 atom stereocenters. The summed E-state index contributed by atoms with van der Waals surface area (Å²) in [6.07, 6.45) is 3.95. The number of hydrogen-bond donors (Lipinski definition) is 1. The highest BCUT2D eigenvalue weighted by atomic mass is 32.2. The molecule has 1 aromatic rings. The minimum absolute atomic E-state index is 0.0328. The molecule has 0 bridgehead atoms. The van der Waals surface area contributed by atoms with Crippen molar-refractivity contribution in [1.29, 1.82) is 0 Å². The molecule has 0 aromatic heterocycles. The van der Waals surface area contributed by atoms with Gasteiger partial charge in [0.25, 0.3) is 0 Å². The average molecular weight is 460 g/mol. The molecule has 0 aliphatic carbocycles. The molecule has 0 spiro atoms. The number of hydrogen-bond acceptors (Lipinski definition) is 6. The van der Waals surface area contributed by atoms with Gasteiger partial charge in [-0.15, -0.1) is 0 Å². The van der Waals surface area contributed by atoms with Crippen LogP contribution in [0, 0.1) is 5.92 Å². The van der Waals surface area contributed by atoms with E-state index in [1.165, 1.54) is 14.7 Å². The van der Waals surface area contributed by atoms with Crippen molar-refractivity contribution in [1.82, 2.24) is 8.61 Å². The van der Waals surface area contributed by atoms with Crippen LogP contribution in [0.2, 0.25) is 0 Å². The van der Waals surface area contributed by atoms with E-state index in [1.54, 1.807) is 19.1 Å². The predicted molar refractivity (Wildman–Crippen MR) is 113 cm³/mol. The van der Waals surface area contributed by atoms with Crippen LogP contribution in [-0.2, 0) is 24.8 Å². The number of benzene rings is 1. The van der Waals surface area contributed by atoms with E-state index in [0.717, 1.165) is 19.1 Å². The van der Waals surface area contributed by atoms with Crippen molar-refractivity contribution in [2.45, 2.75) is 37.5 Å². The van der Waals surface area contributed by atoms with Crippen LogP contribution in [0.1, 0.15) is 32.6 Å². The first-order chi connectivity index (χ1) is 14.1. The Bertz CT molecular complexity index is 988. The molecule has 0 unspecified atom stereocenters. The monoisotopic (exact) mass is 459 g/mol. The largest absolute Gasteiger partial charge is 0.492 e. The summed E-state index contributed by atoms with van der Waals surface area (Å²) in [5.74, 6) is -0.556. The summed E-state index contributed by atoms with van der Waals surface area (Å²) in [7, 11) is -7.09. The molecule has 0 saturated carbocycles. The Kier molecular flexibility index (Phi) is 7.05. The zero-order valence-corrected chi connectivity index (χ0v) is 19.0. The summed E-state index contributed by atoms with van der Waals surface area (Å²) in [6, 6.07) is 4.57. The Balaban J connectivity index is 1.82. The zero-order chi connectivity index (χ0) is 21.9. The SMILES string of the molecule is CCOc1ccc(NC(=O)[C@@H]2CCCN(S(C)(=O)=O)C2)cc1S(=O)(=O)N1CCCC1. The van der Waals surface area contributed by atoms with Crippen molar-refractivity contribution in [3.8, 4) is 5.75 Å². The van der Waals surface area contributed by atoms with Crippen molar-refractivity contribution < 1.29 is 26.4 Å². The van der Waals surface area contributed by atoms with E-state index in [-0.39, 0.29) is 23.1 Å². The van der Waals surface area contributed by atoms with E-state index in [2.05, 4.69) is 5.32 Å². The molecule has 1 amide bonds. The molecule has 0 radical (unpaired) electrons. The Labute approximate surface area is 178 Å². The van der Waals surface area contributed by atoms with Crippen LogP contribution in [0.25, 0.3) is 0 Å². The van der Waals surface area contributed by atoms with Gasteiger partial charge in [0.05, 0.1) is 18.8 Å². The molecule has 168 valence electrons. The number of carbonyl (C=O) groups is 1. The standard InChI is InChI=1S/C19H29N3O6S2/c1-3-28-17-9-8-16(13-18(17)30(26,27)21-10-4-5-11-21)20-19(23)15-7-6-12-22(14-15)29(2,24)25/h8-9,13,15H,3-7,10-12,14H2,1-2H3,(H,20,23)/t15-/m1/s1. The number of carbonyl (C=O) groups excluding carboxylic acids is 1. The first-order valence-electron chi connectivity index (χ1n) is 10.2. The van der Waals surface area contributed by atoms with Crippen molar-refractivity contribution in [3.05, 3.63) is 18.2 Å². The number of amides is 1. The Morgan fingerprint density at radius 2 is 1.77 bits per heavy atom. The van der Waals surface area contributed by atoms with Gasteiger partial charge in [0.1, 0.15) is 10.6 Å². The van der Waals surface area contributed by atoms with E-state index in [0.29, 0.717) is 44.8 Å². The number of anilines is 1. The van der Waals surface area contributed by atoms with Crippen LogP contribution in [0.5, 0.6) is 5.75 Å². The number of nitrogens with one attached hydrogen (secondary N) is 1. The number of nitrogens with zero attached hydrogens (tertiary/aromatic N) is 2. The second kappa shape index (κ2) is 9.21. The third kappa shape index (κ3) is 5.13. The Hall–Kier alpha value is -1.69. The maximum atomic E-state index is 13.1. The van der Waals surface area contributed by atoms with E-state index in [9.17, 15) is 21.6 Å². The van der Waals surface area contributed by atoms with Crippen LogP contribution < -0.4 is 10.1 Å². The van der Waals surface area contributed by atoms with Gasteiger partial charge in [0, 0.05) is 31.9 Å². The Morgan fingerprint density at radius 1 is 1.10 bits per heavy atom. The number of rotatable bonds is 7. The number of ether oxygens (including phenoxy) is 1. The van der Waals surface area contributed by atoms with E-state index < -0.39 is 26.0 Å². The van der Waals surface area contributed by atoms with Crippen LogP contribution in [0.15, 0.2) is 23.1 Å². The van der Waals surface area contributed by atoms with Crippen LogP contribution >= 0.6 is 0 Å². The molecule has 2 fully saturated rings. The van der Waals surface area contributed by atoms with Crippen molar-refractivity contribution in [2.75, 3.05) is 44.4 Å². The average Bonchev–Trinajstić information content (AvgIpc) is 3.24. The lowest BCUT2D eigenvalue weighted by Crippen LogP contribution is -2.43. The van der Waals surface area contributed by atoms with Gasteiger partial charge in [0.2, 0.25) is 26.0 Å². The third-order valence-electron chi connectivity index (χ3n) is 5.42. The molecular weight excluding hydrogens is 430 g/mol. The van der Waals surface area contributed by atoms with Gasteiger partial charge in [-0.1, -0.05) is 0 Å². The lowest BCUT2D eigenvalue weighted by atomic mass is 9.98. The van der Waals surface area contributed by atoms with Gasteiger partial charge in [-0.2, -0.15) is 4.31 Å². The second-order valence-electron chi connectivity index (χ2n) is 7.66. The lowest BCUT2D eigenvalue weighted by Gasteiger charge is -2.30. The normalized spacial score (nSPS) is 21.5. The quantitative estimate of drug-likeness (QED) is 0.661. The summed E-state index contributed by atoms with van der Waals surface area (Å²) in [5.41, 5.74) is 0.345. The lowest BCUT2D eigenvalue weighted by molar-refractivity contribution is -0.120. The number of sulfonamides is 2. The van der Waals surface area contributed by atoms with Gasteiger partial charge in [0.15, 0.2) is 0 Å². The molecule has 1 aromatic carbocycles. The van der Waals surface area contributed by atoms with Gasteiger partial charge < -0.3 is 10.1 Å². The molecule has 11 heteroatoms. The highest BCUT2D eigenvalue weighted by Gasteiger charge is 2.32. The third-order valence-corrected chi connectivity index (χ3v) is 8.61. The summed E-state index contributed by atoms with van der Waals surface area (Å²) in [6.45, 7) is 3.56. The maximum absolute atomic E-state index is 13.1. The van der Waals surface area contributed by atoms with E-state index >= 15 is 0 Å². The first kappa shape index (κ1) is 23.0. The van der Waals surface area contributed by atoms with Gasteiger partial charge in [-0.05, 0) is 50.8 Å². The van der Waals surface area contributed by atoms with Gasteiger partial charge in [-0.25, -0.2) is 21.1 Å². The topological polar surface area (TPSA) is 113 Å². The fourth-order valence-corrected chi connectivity index (χ4v) is 6.42. The molecule has 2 aliphatic rings. The first-order valence-corrected chi connectivity index (χ1v) is 13.4. The van der Waals surface area contributed by atoms with Crippen LogP contribution in [-0.4, -0.2) is 70.4 Å². The molecule has 3 rings (SSSR count). The molecule has 1 N–H and O–H groups in total. The van der Waals surface area contributed by atoms with Gasteiger partial charge in [-0.3, -0.25) is 4.79 Å². The van der Waals surface area contributed by atoms with E-state index in [4.69, 9.17) is 4.74 Å². The summed E-state index contributed by atoms with van der Waals surface area (Å²) in [4.78, 5) is 12.8. The molecule has 30 heavy (non-hydrogen) atoms. The predicted octanol–water partition coefficient (Wildman–Crippen LogP) is 1.48. The summed E-state index contributed by atoms with van der Waals surface area (Å²) < 4.78 is 58.0. The Morgan fingerprint density at radius 3 is 2.40 bits per heavy atom. The molecule has 2 saturated heterocycles. The number of piperidine rings is 1. The highest BCUT2D eigenvalue weighted by molar-refractivity contribution is 7.89. The highest BCUT2D eigenvalue weighted by Crippen LogP contribution is 2.32. The maximum Gasteiger partial charge on any atom is 0.246 e.